The van der Waals surface area contributed by atoms with Gasteiger partial charge in [0.2, 0.25) is 5.89 Å². The molecule has 1 amide bonds. The number of anilines is 2. The van der Waals surface area contributed by atoms with Crippen LogP contribution in [-0.4, -0.2) is 52.3 Å². The van der Waals surface area contributed by atoms with Crippen molar-refractivity contribution in [3.05, 3.63) is 75.8 Å². The first-order valence-corrected chi connectivity index (χ1v) is 12.7. The van der Waals surface area contributed by atoms with Crippen molar-refractivity contribution in [1.29, 1.82) is 0 Å². The lowest BCUT2D eigenvalue weighted by molar-refractivity contribution is -0.384. The number of ether oxygens (including phenoxy) is 1. The SMILES string of the molecule is CCc1ccc2oc(-c3ccc(NC(=S)NC(=O)c4ccc(N5CCOCC5)c([N+](=O)[O-])c4)cc3O)nc2c1. The van der Waals surface area contributed by atoms with Gasteiger partial charge in [-0.3, -0.25) is 20.2 Å². The Labute approximate surface area is 228 Å². The highest BCUT2D eigenvalue weighted by Crippen LogP contribution is 2.33. The number of phenols is 1. The highest BCUT2D eigenvalue weighted by Gasteiger charge is 2.24. The minimum absolute atomic E-state index is 0.0407. The number of aromatic nitrogens is 1. The molecule has 200 valence electrons. The lowest BCUT2D eigenvalue weighted by atomic mass is 10.1. The predicted octanol–water partition coefficient (Wildman–Crippen LogP) is 4.63. The van der Waals surface area contributed by atoms with E-state index >= 15 is 0 Å². The van der Waals surface area contributed by atoms with Crippen LogP contribution < -0.4 is 15.5 Å². The third kappa shape index (κ3) is 5.66. The Hall–Kier alpha value is -4.55. The molecule has 39 heavy (non-hydrogen) atoms. The van der Waals surface area contributed by atoms with Gasteiger partial charge in [-0.2, -0.15) is 0 Å². The van der Waals surface area contributed by atoms with E-state index in [1.807, 2.05) is 23.1 Å². The van der Waals surface area contributed by atoms with E-state index in [1.54, 1.807) is 18.2 Å². The minimum Gasteiger partial charge on any atom is -0.507 e. The number of morpholine rings is 1. The van der Waals surface area contributed by atoms with Gasteiger partial charge in [0.05, 0.1) is 23.7 Å². The van der Waals surface area contributed by atoms with Crippen LogP contribution in [0.3, 0.4) is 0 Å². The molecule has 0 radical (unpaired) electrons. The Morgan fingerprint density at radius 2 is 1.95 bits per heavy atom. The van der Waals surface area contributed by atoms with Crippen LogP contribution >= 0.6 is 12.2 Å². The summed E-state index contributed by atoms with van der Waals surface area (Å²) in [5.41, 5.74) is 3.61. The highest BCUT2D eigenvalue weighted by atomic mass is 32.1. The smallest absolute Gasteiger partial charge is 0.293 e. The summed E-state index contributed by atoms with van der Waals surface area (Å²) in [6, 6.07) is 14.8. The highest BCUT2D eigenvalue weighted by molar-refractivity contribution is 7.80. The zero-order valence-electron chi connectivity index (χ0n) is 21.0. The fraction of sp³-hybridized carbons (Fsp3) is 0.222. The second-order valence-corrected chi connectivity index (χ2v) is 9.28. The number of phenolic OH excluding ortho intramolecular Hbond substituents is 1. The number of aromatic hydroxyl groups is 1. The van der Waals surface area contributed by atoms with Gasteiger partial charge in [-0.15, -0.1) is 0 Å². The minimum atomic E-state index is -0.608. The van der Waals surface area contributed by atoms with Crippen molar-refractivity contribution in [1.82, 2.24) is 10.3 Å². The number of hydrogen-bond donors (Lipinski definition) is 3. The number of thiocarbonyl (C=S) groups is 1. The van der Waals surface area contributed by atoms with Crippen LogP contribution in [0, 0.1) is 10.1 Å². The molecule has 5 rings (SSSR count). The molecule has 0 unspecified atom stereocenters. The van der Waals surface area contributed by atoms with Gasteiger partial charge in [-0.25, -0.2) is 4.98 Å². The van der Waals surface area contributed by atoms with E-state index in [9.17, 15) is 20.0 Å². The Balaban J connectivity index is 1.27. The molecule has 1 saturated heterocycles. The van der Waals surface area contributed by atoms with Crippen molar-refractivity contribution in [3.63, 3.8) is 0 Å². The number of carbonyl (C=O) groups excluding carboxylic acids is 1. The van der Waals surface area contributed by atoms with E-state index in [0.29, 0.717) is 54.3 Å². The molecule has 4 aromatic rings. The summed E-state index contributed by atoms with van der Waals surface area (Å²) < 4.78 is 11.1. The van der Waals surface area contributed by atoms with Crippen LogP contribution in [0.4, 0.5) is 17.1 Å². The molecular weight excluding hydrogens is 522 g/mol. The number of amides is 1. The number of nitrogens with one attached hydrogen (secondary N) is 2. The molecule has 3 N–H and O–H groups in total. The fourth-order valence-electron chi connectivity index (χ4n) is 4.32. The average molecular weight is 548 g/mol. The summed E-state index contributed by atoms with van der Waals surface area (Å²) >= 11 is 5.25. The van der Waals surface area contributed by atoms with Crippen LogP contribution in [0.15, 0.2) is 59.0 Å². The summed E-state index contributed by atoms with van der Waals surface area (Å²) in [6.45, 7) is 4.06. The summed E-state index contributed by atoms with van der Waals surface area (Å²) in [7, 11) is 0. The van der Waals surface area contributed by atoms with Crippen molar-refractivity contribution in [2.75, 3.05) is 36.5 Å². The second-order valence-electron chi connectivity index (χ2n) is 8.87. The lowest BCUT2D eigenvalue weighted by Gasteiger charge is -2.28. The van der Waals surface area contributed by atoms with Crippen molar-refractivity contribution >= 4 is 51.4 Å². The average Bonchev–Trinajstić information content (AvgIpc) is 3.36. The third-order valence-corrected chi connectivity index (χ3v) is 6.56. The maximum absolute atomic E-state index is 12.8. The number of aryl methyl sites for hydroxylation is 1. The summed E-state index contributed by atoms with van der Waals surface area (Å²) in [6.07, 6.45) is 0.872. The molecule has 12 heteroatoms. The number of carbonyl (C=O) groups is 1. The van der Waals surface area contributed by atoms with E-state index in [1.165, 1.54) is 18.2 Å². The largest absolute Gasteiger partial charge is 0.507 e. The van der Waals surface area contributed by atoms with E-state index in [0.717, 1.165) is 12.0 Å². The van der Waals surface area contributed by atoms with E-state index in [-0.39, 0.29) is 28.0 Å². The van der Waals surface area contributed by atoms with Crippen molar-refractivity contribution in [2.45, 2.75) is 13.3 Å². The molecule has 1 fully saturated rings. The number of benzene rings is 3. The van der Waals surface area contributed by atoms with Gasteiger partial charge in [-0.05, 0) is 60.6 Å². The van der Waals surface area contributed by atoms with Gasteiger partial charge in [0.25, 0.3) is 11.6 Å². The van der Waals surface area contributed by atoms with Gasteiger partial charge in [0.1, 0.15) is 17.0 Å². The lowest BCUT2D eigenvalue weighted by Crippen LogP contribution is -2.37. The van der Waals surface area contributed by atoms with Gasteiger partial charge in [0, 0.05) is 36.5 Å². The molecule has 2 heterocycles. The van der Waals surface area contributed by atoms with E-state index in [4.69, 9.17) is 21.4 Å². The molecular formula is C27H25N5O6S. The summed E-state index contributed by atoms with van der Waals surface area (Å²) in [4.78, 5) is 30.3. The molecule has 3 aromatic carbocycles. The molecule has 1 aliphatic rings. The molecule has 0 saturated carbocycles. The van der Waals surface area contributed by atoms with Crippen LogP contribution in [0.1, 0.15) is 22.8 Å². The molecule has 0 atom stereocenters. The number of nitro groups is 1. The standard InChI is InChI=1S/C27H25N5O6S/c1-2-16-3-8-24-20(13-16)29-26(38-24)19-6-5-18(15-23(19)33)28-27(39)30-25(34)17-4-7-21(22(14-17)32(35)36)31-9-11-37-12-10-31/h3-8,13-15,33H,2,9-12H2,1H3,(H2,28,30,34,39). The first-order chi connectivity index (χ1) is 18.8. The van der Waals surface area contributed by atoms with Crippen molar-refractivity contribution in [3.8, 4) is 17.2 Å². The Kier molecular flexibility index (Phi) is 7.39. The maximum atomic E-state index is 12.8. The number of oxazole rings is 1. The normalized spacial score (nSPS) is 13.3. The van der Waals surface area contributed by atoms with Crippen LogP contribution in [0.5, 0.6) is 5.75 Å². The maximum Gasteiger partial charge on any atom is 0.293 e. The summed E-state index contributed by atoms with van der Waals surface area (Å²) in [5, 5.41) is 27.6. The van der Waals surface area contributed by atoms with Gasteiger partial charge in [-0.1, -0.05) is 13.0 Å². The zero-order valence-corrected chi connectivity index (χ0v) is 21.8. The van der Waals surface area contributed by atoms with E-state index < -0.39 is 10.8 Å². The third-order valence-electron chi connectivity index (χ3n) is 6.36. The van der Waals surface area contributed by atoms with Gasteiger partial charge < -0.3 is 24.5 Å². The first kappa shape index (κ1) is 26.1. The van der Waals surface area contributed by atoms with Gasteiger partial charge >= 0.3 is 0 Å². The van der Waals surface area contributed by atoms with Crippen LogP contribution in [0.25, 0.3) is 22.6 Å². The molecule has 0 spiro atoms. The quantitative estimate of drug-likeness (QED) is 0.178. The number of nitrogens with zero attached hydrogens (tertiary/aromatic N) is 3. The molecule has 1 aliphatic heterocycles. The van der Waals surface area contributed by atoms with E-state index in [2.05, 4.69) is 22.5 Å². The second kappa shape index (κ2) is 11.1. The first-order valence-electron chi connectivity index (χ1n) is 12.3. The number of rotatable bonds is 6. The molecule has 0 aliphatic carbocycles. The van der Waals surface area contributed by atoms with Crippen molar-refractivity contribution < 1.29 is 24.0 Å². The van der Waals surface area contributed by atoms with Crippen molar-refractivity contribution in [2.24, 2.45) is 0 Å². The predicted molar refractivity (Wildman–Crippen MR) is 150 cm³/mol. The Bertz CT molecular complexity index is 1580. The Morgan fingerprint density at radius 1 is 1.15 bits per heavy atom. The molecule has 11 nitrogen and oxygen atoms in total. The fourth-order valence-corrected chi connectivity index (χ4v) is 4.53. The number of hydrogen-bond acceptors (Lipinski definition) is 9. The topological polar surface area (TPSA) is 143 Å². The number of fused-ring (bicyclic) bond motifs is 1. The molecule has 0 bridgehead atoms. The summed E-state index contributed by atoms with van der Waals surface area (Å²) in [5.74, 6) is -0.422. The monoisotopic (exact) mass is 547 g/mol. The van der Waals surface area contributed by atoms with Crippen LogP contribution in [-0.2, 0) is 11.2 Å². The van der Waals surface area contributed by atoms with Crippen LogP contribution in [0.2, 0.25) is 0 Å². The van der Waals surface area contributed by atoms with Gasteiger partial charge in [0.15, 0.2) is 10.7 Å². The molecule has 1 aromatic heterocycles. The number of nitro benzene ring substituents is 1. The Morgan fingerprint density at radius 3 is 2.67 bits per heavy atom. The zero-order chi connectivity index (χ0) is 27.5.